The van der Waals surface area contributed by atoms with Gasteiger partial charge < -0.3 is 0 Å². The lowest BCUT2D eigenvalue weighted by atomic mass is 9.65. The lowest BCUT2D eigenvalue weighted by Gasteiger charge is -2.36. The summed E-state index contributed by atoms with van der Waals surface area (Å²) in [5.74, 6) is -0.433. The molecule has 0 unspecified atom stereocenters. The molecule has 4 aliphatic carbocycles. The Morgan fingerprint density at radius 3 is 1.06 bits per heavy atom. The smallest absolute Gasteiger partial charge is 0.270 e. The van der Waals surface area contributed by atoms with E-state index in [4.69, 9.17) is 13.1 Å². The zero-order chi connectivity index (χ0) is 75.1. The standard InChI is InChI=1S/C95H81Br3N4O2S4/c1-8-12-16-20-24-57-28-36-61(37-29-57)94(62-38-30-58(31-39-62)25-21-17-13-9-2)75-50-72-76(49-71(75)90-86(94)92-82(107-90)47-65(105-92)45-73-84(80(54-99)101-6)67-44-56(5)77(96)52-69(67)88(73)103)95(63-40-32-59(33-41-63)26-22-18-14-10-3,64-42-34-60(35-43-64)27-23-19-15-11-4)87-91(72)108-83-48-66(106-93(83)87)46-74-85(81(55-100)102-7)68-51-78(97)79(98)53-70(68)89(74)104/h28-53H,8-27H2,1-5H3/b73-45?,74-46?,84-80-,85-81+. The molecule has 0 fully saturated rings. The van der Waals surface area contributed by atoms with Crippen LogP contribution >= 0.6 is 93.1 Å². The van der Waals surface area contributed by atoms with Gasteiger partial charge in [0.2, 0.25) is 0 Å². The molecule has 0 saturated carbocycles. The third-order valence-corrected chi connectivity index (χ3v) is 30.2. The molecule has 0 radical (unpaired) electrons. The maximum absolute atomic E-state index is 14.9. The van der Waals surface area contributed by atoms with Crippen LogP contribution in [0.5, 0.6) is 0 Å². The zero-order valence-corrected chi connectivity index (χ0v) is 69.5. The van der Waals surface area contributed by atoms with Crippen molar-refractivity contribution in [3.8, 4) is 33.0 Å². The number of aryl methyl sites for hydroxylation is 5. The summed E-state index contributed by atoms with van der Waals surface area (Å²) in [5.41, 5.74) is 19.7. The summed E-state index contributed by atoms with van der Waals surface area (Å²) in [6.07, 6.45) is 26.6. The normalized spacial score (nSPS) is 15.8. The number of thiophene rings is 4. The van der Waals surface area contributed by atoms with Gasteiger partial charge in [-0.2, -0.15) is 0 Å². The highest BCUT2D eigenvalue weighted by Gasteiger charge is 2.55. The molecule has 6 nitrogen and oxygen atoms in total. The first kappa shape index (κ1) is 75.0. The number of benzene rings is 7. The van der Waals surface area contributed by atoms with Gasteiger partial charge in [0, 0.05) is 86.9 Å². The van der Waals surface area contributed by atoms with E-state index in [1.165, 1.54) is 165 Å². The van der Waals surface area contributed by atoms with Gasteiger partial charge in [0.15, 0.2) is 11.6 Å². The Labute approximate surface area is 676 Å². The summed E-state index contributed by atoms with van der Waals surface area (Å²) < 4.78 is 6.69. The van der Waals surface area contributed by atoms with Crippen molar-refractivity contribution < 1.29 is 9.59 Å². The molecule has 15 rings (SSSR count). The third kappa shape index (κ3) is 13.1. The second-order valence-corrected chi connectivity index (χ2v) is 36.2. The number of Topliss-reactive ketones (excluding diaryl/α,β-unsaturated/α-hetero) is 2. The molecule has 0 aliphatic heterocycles. The van der Waals surface area contributed by atoms with Crippen LogP contribution in [0.4, 0.5) is 0 Å². The molecular weight excluding hydrogens is 1600 g/mol. The van der Waals surface area contributed by atoms with E-state index >= 15 is 0 Å². The molecule has 4 aromatic heterocycles. The number of allylic oxidation sites excluding steroid dienone is 6. The van der Waals surface area contributed by atoms with Crippen LogP contribution < -0.4 is 0 Å². The molecule has 0 amide bonds. The van der Waals surface area contributed by atoms with E-state index in [2.05, 4.69) is 219 Å². The number of nitrogens with zero attached hydrogens (tertiary/aromatic N) is 4. The topological polar surface area (TPSA) is 90.4 Å². The molecule has 0 saturated heterocycles. The quantitative estimate of drug-likeness (QED) is 0.0234. The summed E-state index contributed by atoms with van der Waals surface area (Å²) in [4.78, 5) is 41.4. The van der Waals surface area contributed by atoms with Crippen LogP contribution in [0, 0.1) is 42.7 Å². The largest absolute Gasteiger partial charge is 0.289 e. The Hall–Kier alpha value is -8.44. The van der Waals surface area contributed by atoms with Gasteiger partial charge in [-0.15, -0.1) is 45.3 Å². The van der Waals surface area contributed by atoms with Crippen LogP contribution in [0.2, 0.25) is 0 Å². The van der Waals surface area contributed by atoms with E-state index in [-0.39, 0.29) is 23.0 Å². The van der Waals surface area contributed by atoms with Gasteiger partial charge in [0.05, 0.1) is 45.5 Å². The van der Waals surface area contributed by atoms with Crippen molar-refractivity contribution in [3.63, 3.8) is 0 Å². The van der Waals surface area contributed by atoms with Crippen molar-refractivity contribution in [1.29, 1.82) is 10.5 Å². The van der Waals surface area contributed by atoms with Gasteiger partial charge in [-0.25, -0.2) is 20.2 Å². The van der Waals surface area contributed by atoms with Crippen molar-refractivity contribution in [3.05, 3.63) is 309 Å². The maximum atomic E-state index is 14.9. The van der Waals surface area contributed by atoms with E-state index < -0.39 is 10.8 Å². The number of unbranched alkanes of at least 4 members (excludes halogenated alkanes) is 12. The van der Waals surface area contributed by atoms with E-state index in [1.807, 2.05) is 59.9 Å². The van der Waals surface area contributed by atoms with Crippen LogP contribution in [-0.4, -0.2) is 11.6 Å². The first-order valence-electron chi connectivity index (χ1n) is 38.3. The Morgan fingerprint density at radius 1 is 0.417 bits per heavy atom. The molecule has 108 heavy (non-hydrogen) atoms. The van der Waals surface area contributed by atoms with E-state index in [9.17, 15) is 20.1 Å². The molecule has 538 valence electrons. The van der Waals surface area contributed by atoms with Gasteiger partial charge >= 0.3 is 0 Å². The fraction of sp³-hybridized carbons (Fsp3) is 0.284. The summed E-state index contributed by atoms with van der Waals surface area (Å²) in [6, 6.07) is 59.8. The molecular formula is C95H81Br3N4O2S4. The fourth-order valence-corrected chi connectivity index (χ4v) is 23.8. The Kier molecular flexibility index (Phi) is 22.1. The number of carbonyl (C=O) groups excluding carboxylic acids is 2. The van der Waals surface area contributed by atoms with Crippen molar-refractivity contribution in [1.82, 2.24) is 0 Å². The third-order valence-electron chi connectivity index (χ3n) is 22.7. The van der Waals surface area contributed by atoms with Crippen molar-refractivity contribution in [2.45, 2.75) is 174 Å². The SMILES string of the molecule is [C-]#[N+]/C(C#N)=C1\C(=Cc2cc3sc4c(c3s2)C(c2ccc(CCCCCC)cc2)(c2ccc(CCCCCC)cc2)c2cc3c(cc2-4)C(c2ccc(CCCCCC)cc2)(c2ccc(CCCCCC)cc2)c2c-3sc3cc(C=C4C(=O)c5cc(Br)c(Br)cc5/C4=C(/C#N)[N+]#[C-])sc23)C(=O)c2cc(Br)c(C)cc21. The highest BCUT2D eigenvalue weighted by atomic mass is 79.9. The van der Waals surface area contributed by atoms with E-state index in [1.54, 1.807) is 28.7 Å². The molecule has 13 heteroatoms. The average Bonchev–Trinajstić information content (AvgIpc) is 1.49. The second-order valence-electron chi connectivity index (χ2n) is 29.4. The molecule has 0 N–H and O–H groups in total. The number of fused-ring (bicyclic) bond motifs is 12. The molecule has 0 bridgehead atoms. The number of halogens is 3. The van der Waals surface area contributed by atoms with Crippen LogP contribution in [-0.2, 0) is 36.5 Å². The first-order chi connectivity index (χ1) is 52.7. The first-order valence-corrected chi connectivity index (χ1v) is 43.9. The fourth-order valence-electron chi connectivity index (χ4n) is 17.3. The predicted octanol–water partition coefficient (Wildman–Crippen LogP) is 28.9. The number of ketones is 2. The Bertz CT molecular complexity index is 5260. The van der Waals surface area contributed by atoms with Crippen LogP contribution in [0.3, 0.4) is 0 Å². The second kappa shape index (κ2) is 31.9. The monoisotopic (exact) mass is 1670 g/mol. The van der Waals surface area contributed by atoms with Gasteiger partial charge in [-0.05, 0) is 228 Å². The number of hydrogen-bond acceptors (Lipinski definition) is 8. The molecule has 4 aliphatic rings. The molecule has 7 aromatic carbocycles. The molecule has 11 aromatic rings. The average molecular weight is 1680 g/mol. The minimum atomic E-state index is -0.855. The van der Waals surface area contributed by atoms with Gasteiger partial charge in [-0.1, -0.05) is 224 Å². The highest BCUT2D eigenvalue weighted by Crippen LogP contribution is 2.68. The van der Waals surface area contributed by atoms with Crippen LogP contribution in [0.25, 0.3) is 72.7 Å². The minimum Gasteiger partial charge on any atom is -0.289 e. The summed E-state index contributed by atoms with van der Waals surface area (Å²) in [5, 5.41) is 21.1. The minimum absolute atomic E-state index is 0.105. The van der Waals surface area contributed by atoms with Crippen LogP contribution in [0.1, 0.15) is 244 Å². The zero-order valence-electron chi connectivity index (χ0n) is 61.5. The molecule has 4 heterocycles. The lowest BCUT2D eigenvalue weighted by Crippen LogP contribution is -2.30. The van der Waals surface area contributed by atoms with Crippen molar-refractivity contribution in [2.75, 3.05) is 0 Å². The summed E-state index contributed by atoms with van der Waals surface area (Å²) in [7, 11) is 0. The molecule has 0 spiro atoms. The highest BCUT2D eigenvalue weighted by molar-refractivity contribution is 9.13. The number of rotatable bonds is 26. The summed E-state index contributed by atoms with van der Waals surface area (Å²) >= 11 is 18.0. The molecule has 0 atom stereocenters. The van der Waals surface area contributed by atoms with Crippen molar-refractivity contribution in [2.24, 2.45) is 0 Å². The number of carbonyl (C=O) groups is 2. The summed E-state index contributed by atoms with van der Waals surface area (Å²) in [6.45, 7) is 27.5. The van der Waals surface area contributed by atoms with E-state index in [0.29, 0.717) is 49.0 Å². The Morgan fingerprint density at radius 2 is 0.741 bits per heavy atom. The number of hydrogen-bond donors (Lipinski definition) is 0. The Balaban J connectivity index is 1.01. The predicted molar refractivity (Wildman–Crippen MR) is 463 cm³/mol. The maximum Gasteiger partial charge on any atom is 0.270 e. The van der Waals surface area contributed by atoms with E-state index in [0.717, 1.165) is 94.4 Å². The lowest BCUT2D eigenvalue weighted by molar-refractivity contribution is 0.103. The van der Waals surface area contributed by atoms with Crippen LogP contribution in [0.15, 0.2) is 182 Å². The van der Waals surface area contributed by atoms with Gasteiger partial charge in [-0.3, -0.25) is 9.59 Å². The number of nitriles is 2. The van der Waals surface area contributed by atoms with Crippen molar-refractivity contribution >= 4 is 147 Å². The van der Waals surface area contributed by atoms with Gasteiger partial charge in [0.1, 0.15) is 0 Å². The van der Waals surface area contributed by atoms with Gasteiger partial charge in [0.25, 0.3) is 11.4 Å².